The number of benzene rings is 1. The molecule has 1 amide bonds. The molecule has 0 unspecified atom stereocenters. The number of fused-ring (bicyclic) bond motifs is 1. The highest BCUT2D eigenvalue weighted by Crippen LogP contribution is 2.32. The molecule has 1 fully saturated rings. The number of aromatic nitrogens is 4. The first-order valence-corrected chi connectivity index (χ1v) is 16.3. The Labute approximate surface area is 267 Å². The van der Waals surface area contributed by atoms with Crippen molar-refractivity contribution in [3.63, 3.8) is 0 Å². The summed E-state index contributed by atoms with van der Waals surface area (Å²) in [6, 6.07) is 9.48. The number of aliphatic hydroxyl groups excluding tert-OH is 1. The number of methoxy groups -OCH3 is 1. The number of likely N-dealkylation sites (N-methyl/N-ethyl adjacent to an activating group) is 1. The van der Waals surface area contributed by atoms with Crippen LogP contribution in [0.4, 0.5) is 0 Å². The van der Waals surface area contributed by atoms with E-state index < -0.39 is 16.8 Å². The minimum atomic E-state index is -1.38. The van der Waals surface area contributed by atoms with Crippen molar-refractivity contribution in [1.29, 1.82) is 0 Å². The fourth-order valence-electron chi connectivity index (χ4n) is 5.62. The van der Waals surface area contributed by atoms with Crippen molar-refractivity contribution < 1.29 is 19.4 Å². The van der Waals surface area contributed by atoms with Gasteiger partial charge in [-0.05, 0) is 71.1 Å². The number of thiophene rings is 1. The molecule has 0 radical (unpaired) electrons. The van der Waals surface area contributed by atoms with Crippen LogP contribution >= 0.6 is 11.3 Å². The molecule has 1 aliphatic rings. The summed E-state index contributed by atoms with van der Waals surface area (Å²) in [5, 5.41) is 14.4. The quantitative estimate of drug-likeness (QED) is 0.277. The summed E-state index contributed by atoms with van der Waals surface area (Å²) >= 11 is 1.35. The minimum absolute atomic E-state index is 0.0891. The summed E-state index contributed by atoms with van der Waals surface area (Å²) < 4.78 is 15.0. The van der Waals surface area contributed by atoms with Crippen LogP contribution in [0.2, 0.25) is 0 Å². The zero-order valence-corrected chi connectivity index (χ0v) is 27.9. The summed E-state index contributed by atoms with van der Waals surface area (Å²) in [7, 11) is 1.62. The van der Waals surface area contributed by atoms with E-state index in [0.717, 1.165) is 58.9 Å². The Morgan fingerprint density at radius 1 is 1.18 bits per heavy atom. The lowest BCUT2D eigenvalue weighted by Gasteiger charge is -2.32. The number of hydrogen-bond acceptors (Lipinski definition) is 8. The van der Waals surface area contributed by atoms with Crippen molar-refractivity contribution in [2.24, 2.45) is 0 Å². The third-order valence-corrected chi connectivity index (χ3v) is 9.44. The molecule has 0 saturated carbocycles. The van der Waals surface area contributed by atoms with Crippen LogP contribution in [0.25, 0.3) is 15.2 Å². The van der Waals surface area contributed by atoms with Crippen LogP contribution in [0, 0.1) is 6.92 Å². The average Bonchev–Trinajstić information content (AvgIpc) is 3.68. The van der Waals surface area contributed by atoms with Gasteiger partial charge in [0.25, 0.3) is 5.56 Å². The summed E-state index contributed by atoms with van der Waals surface area (Å²) in [6.45, 7) is 11.9. The molecule has 0 bridgehead atoms. The van der Waals surface area contributed by atoms with E-state index in [1.54, 1.807) is 41.3 Å². The molecular formula is C33H45N5O6S. The minimum Gasteiger partial charge on any atom is -0.496 e. The van der Waals surface area contributed by atoms with Crippen LogP contribution in [0.3, 0.4) is 0 Å². The number of carbonyl (C=O) groups excluding carboxylic acids is 1. The van der Waals surface area contributed by atoms with E-state index in [1.807, 2.05) is 57.3 Å². The Hall–Kier alpha value is -3.74. The molecular weight excluding hydrogens is 594 g/mol. The lowest BCUT2D eigenvalue weighted by atomic mass is 10.0. The molecule has 4 aromatic rings. The van der Waals surface area contributed by atoms with Gasteiger partial charge >= 0.3 is 5.69 Å². The molecule has 244 valence electrons. The van der Waals surface area contributed by atoms with Gasteiger partial charge in [0.15, 0.2) is 0 Å². The third-order valence-electron chi connectivity index (χ3n) is 8.13. The van der Waals surface area contributed by atoms with Crippen molar-refractivity contribution in [1.82, 2.24) is 23.8 Å². The largest absolute Gasteiger partial charge is 0.496 e. The Bertz CT molecular complexity index is 1700. The molecule has 0 spiro atoms. The zero-order chi connectivity index (χ0) is 32.7. The third kappa shape index (κ3) is 7.23. The highest BCUT2D eigenvalue weighted by molar-refractivity contribution is 7.21. The van der Waals surface area contributed by atoms with Gasteiger partial charge in [-0.2, -0.15) is 5.10 Å². The Kier molecular flexibility index (Phi) is 11.4. The van der Waals surface area contributed by atoms with Crippen molar-refractivity contribution in [2.75, 3.05) is 33.4 Å². The first kappa shape index (κ1) is 34.1. The van der Waals surface area contributed by atoms with Gasteiger partial charge in [-0.1, -0.05) is 36.5 Å². The summed E-state index contributed by atoms with van der Waals surface area (Å²) in [5.41, 5.74) is -0.667. The molecule has 1 saturated heterocycles. The maximum Gasteiger partial charge on any atom is 0.333 e. The van der Waals surface area contributed by atoms with Gasteiger partial charge in [0.1, 0.15) is 21.1 Å². The molecule has 0 aliphatic carbocycles. The molecule has 45 heavy (non-hydrogen) atoms. The van der Waals surface area contributed by atoms with Crippen LogP contribution in [-0.2, 0) is 28.0 Å². The number of carbonyl (C=O) groups is 1. The second kappa shape index (κ2) is 15.0. The number of amides is 1. The molecule has 1 aliphatic heterocycles. The number of aryl methyl sites for hydroxylation is 3. The summed E-state index contributed by atoms with van der Waals surface area (Å²) in [6.07, 6.45) is 6.32. The predicted molar refractivity (Wildman–Crippen MR) is 177 cm³/mol. The zero-order valence-electron chi connectivity index (χ0n) is 27.1. The fourth-order valence-corrected chi connectivity index (χ4v) is 6.88. The highest BCUT2D eigenvalue weighted by atomic mass is 32.1. The van der Waals surface area contributed by atoms with E-state index in [1.165, 1.54) is 11.3 Å². The van der Waals surface area contributed by atoms with Crippen LogP contribution in [0.15, 0.2) is 52.3 Å². The van der Waals surface area contributed by atoms with E-state index in [2.05, 4.69) is 5.10 Å². The van der Waals surface area contributed by atoms with Crippen LogP contribution in [0.1, 0.15) is 58.1 Å². The van der Waals surface area contributed by atoms with E-state index >= 15 is 0 Å². The highest BCUT2D eigenvalue weighted by Gasteiger charge is 2.37. The van der Waals surface area contributed by atoms with E-state index in [4.69, 9.17) is 14.6 Å². The number of aliphatic hydroxyl groups is 1. The second-order valence-corrected chi connectivity index (χ2v) is 12.6. The van der Waals surface area contributed by atoms with Gasteiger partial charge in [-0.15, -0.1) is 0 Å². The molecule has 11 nitrogen and oxygen atoms in total. The van der Waals surface area contributed by atoms with Gasteiger partial charge in [-0.25, -0.2) is 14.0 Å². The molecule has 4 heterocycles. The number of rotatable bonds is 10. The summed E-state index contributed by atoms with van der Waals surface area (Å²) in [5.74, 6) is 0.482. The fraction of sp³-hybridized carbons (Fsp3) is 0.515. The van der Waals surface area contributed by atoms with E-state index in [0.29, 0.717) is 36.3 Å². The number of ether oxygens (including phenoxy) is 2. The van der Waals surface area contributed by atoms with Crippen molar-refractivity contribution in [3.8, 4) is 10.8 Å². The van der Waals surface area contributed by atoms with Gasteiger partial charge in [0.2, 0.25) is 5.91 Å². The normalized spacial score (nSPS) is 13.8. The maximum absolute atomic E-state index is 14.1. The lowest BCUT2D eigenvalue weighted by molar-refractivity contribution is -0.139. The van der Waals surface area contributed by atoms with E-state index in [-0.39, 0.29) is 12.0 Å². The standard InChI is InChI=1S/C28H35N5O4S.C5H10O2/c1-7-16-30(8-2)26(35)28(4,5)33-23(34)22-19(3)24(32-17-11-15-29-32)38-25(22)31(27(33)36)18-14-20-12-9-10-13-21(20)37-6;6-5-1-3-7-4-2-5/h9-13,15,17H,7-8,14,16,18H2,1-6H3;5-6H,1-4H2. The SMILES string of the molecule is CCCN(CC)C(=O)C(C)(C)n1c(=O)c2c(C)c(-n3cccn3)sc2n(CCc2ccccc2OC)c1=O.OC1CCOCC1. The van der Waals surface area contributed by atoms with Crippen molar-refractivity contribution in [3.05, 3.63) is 74.7 Å². The Morgan fingerprint density at radius 2 is 1.89 bits per heavy atom. The smallest absolute Gasteiger partial charge is 0.333 e. The first-order chi connectivity index (χ1) is 21.6. The molecule has 12 heteroatoms. The van der Waals surface area contributed by atoms with Gasteiger partial charge in [-0.3, -0.25) is 14.2 Å². The molecule has 0 atom stereocenters. The molecule has 5 rings (SSSR count). The van der Waals surface area contributed by atoms with Crippen LogP contribution in [0.5, 0.6) is 5.75 Å². The van der Waals surface area contributed by atoms with Crippen molar-refractivity contribution in [2.45, 2.75) is 78.5 Å². The molecule has 3 aromatic heterocycles. The number of hydrogen-bond donors (Lipinski definition) is 1. The predicted octanol–water partition coefficient (Wildman–Crippen LogP) is 4.12. The van der Waals surface area contributed by atoms with Gasteiger partial charge in [0.05, 0.1) is 18.6 Å². The van der Waals surface area contributed by atoms with Gasteiger partial charge in [0, 0.05) is 50.8 Å². The second-order valence-electron chi connectivity index (χ2n) is 11.6. The van der Waals surface area contributed by atoms with Crippen molar-refractivity contribution >= 4 is 27.5 Å². The first-order valence-electron chi connectivity index (χ1n) is 15.5. The molecule has 1 aromatic carbocycles. The van der Waals surface area contributed by atoms with Crippen LogP contribution < -0.4 is 16.0 Å². The van der Waals surface area contributed by atoms with Crippen LogP contribution in [-0.4, -0.2) is 74.3 Å². The van der Waals surface area contributed by atoms with Gasteiger partial charge < -0.3 is 19.5 Å². The Balaban J connectivity index is 0.000000580. The topological polar surface area (TPSA) is 121 Å². The summed E-state index contributed by atoms with van der Waals surface area (Å²) in [4.78, 5) is 44.1. The lowest BCUT2D eigenvalue weighted by Crippen LogP contribution is -2.56. The van der Waals surface area contributed by atoms with E-state index in [9.17, 15) is 14.4 Å². The Morgan fingerprint density at radius 3 is 2.47 bits per heavy atom. The number of para-hydroxylation sites is 1. The number of nitrogens with zero attached hydrogens (tertiary/aromatic N) is 5. The molecule has 1 N–H and O–H groups in total. The maximum atomic E-state index is 14.1. The monoisotopic (exact) mass is 639 g/mol. The average molecular weight is 640 g/mol.